The van der Waals surface area contributed by atoms with Crippen molar-refractivity contribution in [3.05, 3.63) is 172 Å². The van der Waals surface area contributed by atoms with Crippen LogP contribution >= 0.6 is 0 Å². The van der Waals surface area contributed by atoms with E-state index in [1.807, 2.05) is 0 Å². The van der Waals surface area contributed by atoms with E-state index < -0.39 is 0 Å². The van der Waals surface area contributed by atoms with Crippen LogP contribution in [-0.4, -0.2) is 0 Å². The third-order valence-corrected chi connectivity index (χ3v) is 9.18. The van der Waals surface area contributed by atoms with Gasteiger partial charge in [0.25, 0.3) is 0 Å². The SMILES string of the molecule is CC1C(c2ccccc2)=C2C3=CC=CC4C5=C(CCC=C5)C(c5ccccc5)=C(C2=C1c1ccccc1)C34. The highest BCUT2D eigenvalue weighted by Gasteiger charge is 2.51. The summed E-state index contributed by atoms with van der Waals surface area (Å²) in [5, 5.41) is 0. The van der Waals surface area contributed by atoms with E-state index in [1.54, 1.807) is 11.1 Å². The van der Waals surface area contributed by atoms with Crippen molar-refractivity contribution in [2.24, 2.45) is 17.8 Å². The minimum absolute atomic E-state index is 0.321. The smallest absolute Gasteiger partial charge is 0.0212 e. The van der Waals surface area contributed by atoms with Crippen molar-refractivity contribution in [1.29, 1.82) is 0 Å². The van der Waals surface area contributed by atoms with E-state index in [0.29, 0.717) is 17.8 Å². The van der Waals surface area contributed by atoms with Crippen LogP contribution in [0.5, 0.6) is 0 Å². The van der Waals surface area contributed by atoms with Gasteiger partial charge in [-0.1, -0.05) is 128 Å². The average Bonchev–Trinajstić information content (AvgIpc) is 3.47. The molecule has 0 radical (unpaired) electrons. The zero-order valence-electron chi connectivity index (χ0n) is 21.7. The molecular weight excluding hydrogens is 456 g/mol. The molecule has 182 valence electrons. The molecule has 1 fully saturated rings. The van der Waals surface area contributed by atoms with Gasteiger partial charge in [-0.05, 0) is 79.7 Å². The highest BCUT2D eigenvalue weighted by atomic mass is 14.5. The maximum absolute atomic E-state index is 2.47. The third-order valence-electron chi connectivity index (χ3n) is 9.18. The molecule has 0 amide bonds. The van der Waals surface area contributed by atoms with E-state index >= 15 is 0 Å². The quantitative estimate of drug-likeness (QED) is 0.346. The summed E-state index contributed by atoms with van der Waals surface area (Å²) < 4.78 is 0. The molecule has 1 saturated carbocycles. The van der Waals surface area contributed by atoms with Crippen LogP contribution in [0.2, 0.25) is 0 Å². The zero-order chi connectivity index (χ0) is 25.2. The molecule has 38 heavy (non-hydrogen) atoms. The number of hydrogen-bond acceptors (Lipinski definition) is 0. The maximum Gasteiger partial charge on any atom is 0.0212 e. The molecule has 3 atom stereocenters. The van der Waals surface area contributed by atoms with Crippen LogP contribution in [0.15, 0.2) is 155 Å². The minimum atomic E-state index is 0.321. The van der Waals surface area contributed by atoms with Gasteiger partial charge in [0.05, 0.1) is 0 Å². The van der Waals surface area contributed by atoms with E-state index in [0.717, 1.165) is 12.8 Å². The lowest BCUT2D eigenvalue weighted by atomic mass is 9.65. The van der Waals surface area contributed by atoms with Crippen molar-refractivity contribution in [2.45, 2.75) is 19.8 Å². The summed E-state index contributed by atoms with van der Waals surface area (Å²) in [5.41, 5.74) is 17.7. The molecule has 0 heteroatoms. The van der Waals surface area contributed by atoms with E-state index in [4.69, 9.17) is 0 Å². The summed E-state index contributed by atoms with van der Waals surface area (Å²) in [6.07, 6.45) is 14.3. The second kappa shape index (κ2) is 8.43. The summed E-state index contributed by atoms with van der Waals surface area (Å²) in [6.45, 7) is 2.42. The van der Waals surface area contributed by atoms with Crippen LogP contribution in [0.3, 0.4) is 0 Å². The molecule has 0 nitrogen and oxygen atoms in total. The summed E-state index contributed by atoms with van der Waals surface area (Å²) in [4.78, 5) is 0. The summed E-state index contributed by atoms with van der Waals surface area (Å²) in [7, 11) is 0. The molecule has 3 aromatic rings. The van der Waals surface area contributed by atoms with Crippen molar-refractivity contribution in [2.75, 3.05) is 0 Å². The summed E-state index contributed by atoms with van der Waals surface area (Å²) in [6, 6.07) is 33.5. The van der Waals surface area contributed by atoms with Crippen LogP contribution in [0.4, 0.5) is 0 Å². The molecule has 0 N–H and O–H groups in total. The monoisotopic (exact) mass is 486 g/mol. The first-order chi connectivity index (χ1) is 18.8. The number of hydrogen-bond donors (Lipinski definition) is 0. The molecule has 5 aliphatic carbocycles. The predicted molar refractivity (Wildman–Crippen MR) is 159 cm³/mol. The second-order valence-corrected chi connectivity index (χ2v) is 11.1. The first kappa shape index (κ1) is 21.9. The normalized spacial score (nSPS) is 25.1. The van der Waals surface area contributed by atoms with E-state index in [2.05, 4.69) is 128 Å². The Balaban J connectivity index is 1.53. The Morgan fingerprint density at radius 2 is 1.24 bits per heavy atom. The lowest BCUT2D eigenvalue weighted by Crippen LogP contribution is -2.25. The lowest BCUT2D eigenvalue weighted by molar-refractivity contribution is 0.594. The van der Waals surface area contributed by atoms with Gasteiger partial charge in [0.15, 0.2) is 0 Å². The van der Waals surface area contributed by atoms with Gasteiger partial charge in [-0.15, -0.1) is 0 Å². The van der Waals surface area contributed by atoms with Gasteiger partial charge in [-0.2, -0.15) is 0 Å². The van der Waals surface area contributed by atoms with Crippen LogP contribution in [0, 0.1) is 17.8 Å². The van der Waals surface area contributed by atoms with Crippen LogP contribution in [0.1, 0.15) is 36.5 Å². The van der Waals surface area contributed by atoms with Crippen molar-refractivity contribution in [1.82, 2.24) is 0 Å². The predicted octanol–water partition coefficient (Wildman–Crippen LogP) is 9.40. The number of allylic oxidation sites excluding steroid dienone is 14. The molecule has 8 rings (SSSR count). The van der Waals surface area contributed by atoms with Crippen LogP contribution < -0.4 is 0 Å². The fourth-order valence-electron chi connectivity index (χ4n) is 7.79. The topological polar surface area (TPSA) is 0 Å². The zero-order valence-corrected chi connectivity index (χ0v) is 21.7. The van der Waals surface area contributed by atoms with E-state index in [1.165, 1.54) is 55.7 Å². The van der Waals surface area contributed by atoms with E-state index in [9.17, 15) is 0 Å². The first-order valence-corrected chi connectivity index (χ1v) is 14.0. The molecule has 0 aliphatic heterocycles. The van der Waals surface area contributed by atoms with Gasteiger partial charge < -0.3 is 0 Å². The molecule has 0 saturated heterocycles. The largest absolute Gasteiger partial charge is 0.0839 e. The van der Waals surface area contributed by atoms with Crippen molar-refractivity contribution >= 4 is 16.7 Å². The Morgan fingerprint density at radius 3 is 1.89 bits per heavy atom. The Morgan fingerprint density at radius 1 is 0.632 bits per heavy atom. The standard InChI is InChI=1S/C38H30/c1-24-32(25-14-5-2-6-15-25)36-31-23-13-22-30-28-20-11-12-21-29(28)34(27-18-9-4-10-19-27)38(35(30)31)37(36)33(24)26-16-7-3-8-17-26/h2-11,13-20,22-24,30,35H,12,21H2,1H3. The van der Waals surface area contributed by atoms with Crippen LogP contribution in [-0.2, 0) is 0 Å². The third kappa shape index (κ3) is 2.98. The molecule has 5 aliphatic rings. The minimum Gasteiger partial charge on any atom is -0.0839 e. The number of fused-ring (bicyclic) bond motifs is 4. The Kier molecular flexibility index (Phi) is 4.85. The van der Waals surface area contributed by atoms with Gasteiger partial charge in [0.2, 0.25) is 0 Å². The van der Waals surface area contributed by atoms with Gasteiger partial charge >= 0.3 is 0 Å². The lowest BCUT2D eigenvalue weighted by Gasteiger charge is -2.37. The second-order valence-electron chi connectivity index (χ2n) is 11.1. The van der Waals surface area contributed by atoms with Crippen molar-refractivity contribution in [3.63, 3.8) is 0 Å². The average molecular weight is 487 g/mol. The van der Waals surface area contributed by atoms with Crippen LogP contribution in [0.25, 0.3) is 16.7 Å². The summed E-state index contributed by atoms with van der Waals surface area (Å²) in [5.74, 6) is 1.09. The molecular formula is C38H30. The Hall–Kier alpha value is -4.16. The molecule has 0 heterocycles. The Bertz CT molecular complexity index is 1680. The number of benzene rings is 3. The fourth-order valence-corrected chi connectivity index (χ4v) is 7.79. The molecule has 3 aromatic carbocycles. The Labute approximate surface area is 225 Å². The van der Waals surface area contributed by atoms with E-state index in [-0.39, 0.29) is 0 Å². The van der Waals surface area contributed by atoms with Gasteiger partial charge in [0, 0.05) is 17.8 Å². The first-order valence-electron chi connectivity index (χ1n) is 14.0. The molecule has 0 bridgehead atoms. The van der Waals surface area contributed by atoms with Gasteiger partial charge in [0.1, 0.15) is 0 Å². The highest BCUT2D eigenvalue weighted by Crippen LogP contribution is 2.66. The summed E-state index contributed by atoms with van der Waals surface area (Å²) >= 11 is 0. The van der Waals surface area contributed by atoms with Crippen molar-refractivity contribution < 1.29 is 0 Å². The number of rotatable bonds is 3. The molecule has 3 unspecified atom stereocenters. The maximum atomic E-state index is 2.47. The van der Waals surface area contributed by atoms with Crippen molar-refractivity contribution in [3.8, 4) is 0 Å². The highest BCUT2D eigenvalue weighted by molar-refractivity contribution is 6.06. The molecule has 0 spiro atoms. The van der Waals surface area contributed by atoms with Gasteiger partial charge in [-0.3, -0.25) is 0 Å². The fraction of sp³-hybridized carbons (Fsp3) is 0.158. The van der Waals surface area contributed by atoms with Gasteiger partial charge in [-0.25, -0.2) is 0 Å². The molecule has 0 aromatic heterocycles.